The van der Waals surface area contributed by atoms with Crippen LogP contribution in [0.2, 0.25) is 0 Å². The number of benzene rings is 1. The van der Waals surface area contributed by atoms with Crippen LogP contribution in [0, 0.1) is 3.57 Å². The maximum Gasteiger partial charge on any atom is 0.238 e. The summed E-state index contributed by atoms with van der Waals surface area (Å²) in [5.74, 6) is 0.0509. The Morgan fingerprint density at radius 1 is 1.44 bits per heavy atom. The zero-order valence-electron chi connectivity index (χ0n) is 9.88. The van der Waals surface area contributed by atoms with Crippen LogP contribution in [0.3, 0.4) is 0 Å². The lowest BCUT2D eigenvalue weighted by Crippen LogP contribution is -2.46. The molecule has 6 heteroatoms. The van der Waals surface area contributed by atoms with Crippen LogP contribution < -0.4 is 10.6 Å². The van der Waals surface area contributed by atoms with Gasteiger partial charge in [-0.1, -0.05) is 0 Å². The van der Waals surface area contributed by atoms with Gasteiger partial charge in [0.2, 0.25) is 5.91 Å². The second-order valence-corrected chi connectivity index (χ2v) is 6.22. The Morgan fingerprint density at radius 2 is 2.17 bits per heavy atom. The maximum atomic E-state index is 11.9. The van der Waals surface area contributed by atoms with Crippen molar-refractivity contribution in [3.63, 3.8) is 0 Å². The minimum atomic E-state index is 0.0509. The molecular weight excluding hydrogens is 409 g/mol. The Labute approximate surface area is 129 Å². The van der Waals surface area contributed by atoms with Crippen LogP contribution in [0.5, 0.6) is 0 Å². The highest BCUT2D eigenvalue weighted by Gasteiger charge is 2.13. The molecule has 4 nitrogen and oxygen atoms in total. The smallest absolute Gasteiger partial charge is 0.238 e. The Hall–Kier alpha value is -0.180. The average molecular weight is 424 g/mol. The topological polar surface area (TPSA) is 44.4 Å². The van der Waals surface area contributed by atoms with Crippen molar-refractivity contribution < 1.29 is 4.79 Å². The van der Waals surface area contributed by atoms with E-state index in [9.17, 15) is 4.79 Å². The molecule has 98 valence electrons. The number of carbonyl (C=O) groups excluding carboxylic acids is 1. The lowest BCUT2D eigenvalue weighted by atomic mass is 10.3. The third kappa shape index (κ3) is 4.18. The van der Waals surface area contributed by atoms with Gasteiger partial charge in [-0.15, -0.1) is 0 Å². The van der Waals surface area contributed by atoms with Crippen molar-refractivity contribution in [3.05, 3.63) is 26.2 Å². The SMILES string of the molecule is O=C(CN1CCNCC1)Nc1ccc(Br)c(I)c1. The first-order valence-electron chi connectivity index (χ1n) is 5.83. The molecule has 2 N–H and O–H groups in total. The molecule has 0 bridgehead atoms. The van der Waals surface area contributed by atoms with E-state index in [1.807, 2.05) is 18.2 Å². The number of piperazine rings is 1. The zero-order valence-corrected chi connectivity index (χ0v) is 13.6. The molecule has 1 aliphatic heterocycles. The van der Waals surface area contributed by atoms with E-state index in [1.54, 1.807) is 0 Å². The van der Waals surface area contributed by atoms with E-state index in [1.165, 1.54) is 0 Å². The van der Waals surface area contributed by atoms with Crippen LogP contribution in [0.4, 0.5) is 5.69 Å². The summed E-state index contributed by atoms with van der Waals surface area (Å²) < 4.78 is 2.13. The normalized spacial score (nSPS) is 16.6. The molecule has 18 heavy (non-hydrogen) atoms. The summed E-state index contributed by atoms with van der Waals surface area (Å²) in [7, 11) is 0. The van der Waals surface area contributed by atoms with Crippen molar-refractivity contribution in [2.75, 3.05) is 38.0 Å². The fraction of sp³-hybridized carbons (Fsp3) is 0.417. The number of amides is 1. The van der Waals surface area contributed by atoms with E-state index in [0.717, 1.165) is 39.9 Å². The monoisotopic (exact) mass is 423 g/mol. The molecule has 1 aliphatic rings. The summed E-state index contributed by atoms with van der Waals surface area (Å²) in [6, 6.07) is 5.81. The summed E-state index contributed by atoms with van der Waals surface area (Å²) in [5, 5.41) is 6.20. The molecule has 1 aromatic carbocycles. The molecule has 0 saturated carbocycles. The molecule has 0 aliphatic carbocycles. The van der Waals surface area contributed by atoms with Gasteiger partial charge in [0.25, 0.3) is 0 Å². The van der Waals surface area contributed by atoms with Crippen LogP contribution in [0.25, 0.3) is 0 Å². The van der Waals surface area contributed by atoms with Gasteiger partial charge in [-0.2, -0.15) is 0 Å². The van der Waals surface area contributed by atoms with Gasteiger partial charge in [-0.3, -0.25) is 9.69 Å². The predicted molar refractivity (Wildman–Crippen MR) is 84.8 cm³/mol. The first-order valence-corrected chi connectivity index (χ1v) is 7.70. The van der Waals surface area contributed by atoms with Gasteiger partial charge >= 0.3 is 0 Å². The predicted octanol–water partition coefficient (Wildman–Crippen LogP) is 1.90. The molecule has 2 rings (SSSR count). The van der Waals surface area contributed by atoms with Crippen molar-refractivity contribution in [1.29, 1.82) is 0 Å². The summed E-state index contributed by atoms with van der Waals surface area (Å²) >= 11 is 5.68. The third-order valence-electron chi connectivity index (χ3n) is 2.78. The fourth-order valence-electron chi connectivity index (χ4n) is 1.85. The van der Waals surface area contributed by atoms with Crippen molar-refractivity contribution in [3.8, 4) is 0 Å². The molecule has 0 aromatic heterocycles. The maximum absolute atomic E-state index is 11.9. The van der Waals surface area contributed by atoms with E-state index in [-0.39, 0.29) is 5.91 Å². The van der Waals surface area contributed by atoms with Gasteiger partial charge in [0.1, 0.15) is 0 Å². The molecule has 0 atom stereocenters. The molecular formula is C12H15BrIN3O. The van der Waals surface area contributed by atoms with Gasteiger partial charge < -0.3 is 10.6 Å². The first-order chi connectivity index (χ1) is 8.65. The fourth-order valence-corrected chi connectivity index (χ4v) is 2.61. The minimum absolute atomic E-state index is 0.0509. The van der Waals surface area contributed by atoms with Crippen LogP contribution in [0.1, 0.15) is 0 Å². The van der Waals surface area contributed by atoms with E-state index >= 15 is 0 Å². The van der Waals surface area contributed by atoms with Crippen LogP contribution in [0.15, 0.2) is 22.7 Å². The minimum Gasteiger partial charge on any atom is -0.325 e. The van der Waals surface area contributed by atoms with Gasteiger partial charge in [0.05, 0.1) is 6.54 Å². The number of nitrogens with one attached hydrogen (secondary N) is 2. The number of nitrogens with zero attached hydrogens (tertiary/aromatic N) is 1. The highest BCUT2D eigenvalue weighted by Crippen LogP contribution is 2.22. The number of rotatable bonds is 3. The molecule has 0 spiro atoms. The van der Waals surface area contributed by atoms with E-state index in [4.69, 9.17) is 0 Å². The lowest BCUT2D eigenvalue weighted by molar-refractivity contribution is -0.117. The Balaban J connectivity index is 1.88. The third-order valence-corrected chi connectivity index (χ3v) is 5.11. The molecule has 1 heterocycles. The first kappa shape index (κ1) is 14.2. The quantitative estimate of drug-likeness (QED) is 0.730. The molecule has 1 amide bonds. The van der Waals surface area contributed by atoms with Crippen molar-refractivity contribution >= 4 is 50.1 Å². The Bertz CT molecular complexity index is 435. The van der Waals surface area contributed by atoms with Gasteiger partial charge in [0.15, 0.2) is 0 Å². The average Bonchev–Trinajstić information content (AvgIpc) is 2.35. The van der Waals surface area contributed by atoms with Crippen molar-refractivity contribution in [1.82, 2.24) is 10.2 Å². The number of halogens is 2. The standard InChI is InChI=1S/C12H15BrIN3O/c13-10-2-1-9(7-11(10)14)16-12(18)8-17-5-3-15-4-6-17/h1-2,7,15H,3-6,8H2,(H,16,18). The Kier molecular flexibility index (Phi) is 5.40. The van der Waals surface area contributed by atoms with E-state index in [2.05, 4.69) is 54.1 Å². The molecule has 1 fully saturated rings. The highest BCUT2D eigenvalue weighted by molar-refractivity contribution is 14.1. The molecule has 1 aromatic rings. The second kappa shape index (κ2) is 6.83. The summed E-state index contributed by atoms with van der Waals surface area (Å²) in [6.07, 6.45) is 0. The Morgan fingerprint density at radius 3 is 2.83 bits per heavy atom. The zero-order chi connectivity index (χ0) is 13.0. The molecule has 0 unspecified atom stereocenters. The van der Waals surface area contributed by atoms with Gasteiger partial charge in [-0.05, 0) is 56.7 Å². The summed E-state index contributed by atoms with van der Waals surface area (Å²) in [4.78, 5) is 14.1. The summed E-state index contributed by atoms with van der Waals surface area (Å²) in [6.45, 7) is 4.26. The van der Waals surface area contributed by atoms with Crippen LogP contribution in [-0.4, -0.2) is 43.5 Å². The number of hydrogen-bond acceptors (Lipinski definition) is 3. The van der Waals surface area contributed by atoms with Crippen molar-refractivity contribution in [2.45, 2.75) is 0 Å². The highest BCUT2D eigenvalue weighted by atomic mass is 127. The number of anilines is 1. The summed E-state index contributed by atoms with van der Waals surface area (Å²) in [5.41, 5.74) is 0.850. The number of hydrogen-bond donors (Lipinski definition) is 2. The lowest BCUT2D eigenvalue weighted by Gasteiger charge is -2.26. The second-order valence-electron chi connectivity index (χ2n) is 4.20. The molecule has 0 radical (unpaired) electrons. The van der Waals surface area contributed by atoms with Crippen LogP contribution >= 0.6 is 38.5 Å². The van der Waals surface area contributed by atoms with Gasteiger partial charge in [0, 0.05) is 39.9 Å². The van der Waals surface area contributed by atoms with Crippen molar-refractivity contribution in [2.24, 2.45) is 0 Å². The van der Waals surface area contributed by atoms with E-state index in [0.29, 0.717) is 6.54 Å². The van der Waals surface area contributed by atoms with Gasteiger partial charge in [-0.25, -0.2) is 0 Å². The van der Waals surface area contributed by atoms with Crippen LogP contribution in [-0.2, 0) is 4.79 Å². The van der Waals surface area contributed by atoms with E-state index < -0.39 is 0 Å². The number of carbonyl (C=O) groups is 1. The largest absolute Gasteiger partial charge is 0.325 e. The molecule has 1 saturated heterocycles.